The van der Waals surface area contributed by atoms with Gasteiger partial charge in [0.15, 0.2) is 5.90 Å². The largest absolute Gasteiger partial charge is 0.479 e. The highest BCUT2D eigenvalue weighted by Gasteiger charge is 2.49. The SMILES string of the molecule is CC1=NC(CCc2ccc(-c3ccc(Br)cc3F)cc2Cl)(COP(=O)(C(C)(C)C)C(C)(C)C)CO1. The summed E-state index contributed by atoms with van der Waals surface area (Å²) in [5, 5.41) is -0.450. The summed E-state index contributed by atoms with van der Waals surface area (Å²) in [7, 11) is -3.05. The summed E-state index contributed by atoms with van der Waals surface area (Å²) in [6.45, 7) is 14.2. The highest BCUT2D eigenvalue weighted by atomic mass is 79.9. The van der Waals surface area contributed by atoms with Crippen LogP contribution in [0.4, 0.5) is 4.39 Å². The lowest BCUT2D eigenvalue weighted by molar-refractivity contribution is 0.158. The summed E-state index contributed by atoms with van der Waals surface area (Å²) in [6, 6.07) is 10.6. The van der Waals surface area contributed by atoms with Gasteiger partial charge in [-0.05, 0) is 42.2 Å². The van der Waals surface area contributed by atoms with Crippen LogP contribution in [0.2, 0.25) is 5.02 Å². The molecule has 1 heterocycles. The number of aryl methyl sites for hydroxylation is 1. The molecule has 0 saturated carbocycles. The van der Waals surface area contributed by atoms with Gasteiger partial charge in [-0.2, -0.15) is 0 Å². The molecule has 3 rings (SSSR count). The van der Waals surface area contributed by atoms with E-state index < -0.39 is 23.2 Å². The first-order valence-corrected chi connectivity index (χ1v) is 14.5. The quantitative estimate of drug-likeness (QED) is 0.304. The Hall–Kier alpha value is -1.20. The van der Waals surface area contributed by atoms with Crippen molar-refractivity contribution in [3.8, 4) is 11.1 Å². The lowest BCUT2D eigenvalue weighted by atomic mass is 9.93. The smallest absolute Gasteiger partial charge is 0.213 e. The number of benzene rings is 2. The zero-order valence-electron chi connectivity index (χ0n) is 21.5. The van der Waals surface area contributed by atoms with E-state index in [9.17, 15) is 8.96 Å². The van der Waals surface area contributed by atoms with Crippen molar-refractivity contribution in [2.45, 2.75) is 77.2 Å². The van der Waals surface area contributed by atoms with Crippen LogP contribution in [0.3, 0.4) is 0 Å². The minimum atomic E-state index is -3.05. The molecule has 0 aliphatic carbocycles. The lowest BCUT2D eigenvalue weighted by Crippen LogP contribution is -2.38. The Morgan fingerprint density at radius 1 is 1.14 bits per heavy atom. The molecule has 2 aromatic carbocycles. The van der Waals surface area contributed by atoms with Gasteiger partial charge >= 0.3 is 0 Å². The Labute approximate surface area is 222 Å². The molecule has 0 radical (unpaired) electrons. The van der Waals surface area contributed by atoms with Crippen molar-refractivity contribution in [3.05, 3.63) is 57.3 Å². The highest BCUT2D eigenvalue weighted by molar-refractivity contribution is 9.10. The predicted molar refractivity (Wildman–Crippen MR) is 148 cm³/mol. The van der Waals surface area contributed by atoms with Gasteiger partial charge in [-0.25, -0.2) is 9.38 Å². The second kappa shape index (κ2) is 10.3. The van der Waals surface area contributed by atoms with Gasteiger partial charge < -0.3 is 9.26 Å². The fraction of sp³-hybridized carbons (Fsp3) is 0.519. The van der Waals surface area contributed by atoms with E-state index in [0.717, 1.165) is 11.1 Å². The van der Waals surface area contributed by atoms with Crippen LogP contribution >= 0.6 is 34.9 Å². The number of nitrogens with zero attached hydrogens (tertiary/aromatic N) is 1. The Kier molecular flexibility index (Phi) is 8.33. The van der Waals surface area contributed by atoms with Crippen LogP contribution in [-0.2, 0) is 20.2 Å². The zero-order chi connectivity index (χ0) is 26.2. The minimum absolute atomic E-state index is 0.204. The summed E-state index contributed by atoms with van der Waals surface area (Å²) in [4.78, 5) is 4.77. The van der Waals surface area contributed by atoms with E-state index >= 15 is 0 Å². The Balaban J connectivity index is 1.81. The van der Waals surface area contributed by atoms with Crippen molar-refractivity contribution in [1.82, 2.24) is 0 Å². The number of halogens is 3. The Morgan fingerprint density at radius 2 is 1.80 bits per heavy atom. The van der Waals surface area contributed by atoms with E-state index in [4.69, 9.17) is 25.9 Å². The van der Waals surface area contributed by atoms with Gasteiger partial charge in [-0.3, -0.25) is 4.57 Å². The topological polar surface area (TPSA) is 47.9 Å². The zero-order valence-corrected chi connectivity index (χ0v) is 24.8. The standard InChI is InChI=1S/C27H35BrClFNO3P/c1-18-31-27(16-33-18,17-34-35(32,25(2,3)4)26(5,6)7)13-12-19-8-9-20(14-23(19)29)22-11-10-21(28)15-24(22)30/h8-11,14-15H,12-13,16-17H2,1-7H3. The molecule has 35 heavy (non-hydrogen) atoms. The van der Waals surface area contributed by atoms with Crippen molar-refractivity contribution in [3.63, 3.8) is 0 Å². The molecule has 0 aromatic heterocycles. The van der Waals surface area contributed by atoms with E-state index in [1.165, 1.54) is 6.07 Å². The average molecular weight is 587 g/mol. The van der Waals surface area contributed by atoms with E-state index in [0.29, 0.717) is 40.4 Å². The van der Waals surface area contributed by atoms with Gasteiger partial charge in [0.05, 0.1) is 6.61 Å². The first-order valence-electron chi connectivity index (χ1n) is 11.7. The third kappa shape index (κ3) is 6.21. The molecule has 8 heteroatoms. The molecular formula is C27H35BrClFNO3P. The van der Waals surface area contributed by atoms with Gasteiger partial charge in [0.2, 0.25) is 7.37 Å². The number of ether oxygens (including phenoxy) is 1. The van der Waals surface area contributed by atoms with E-state index in [1.54, 1.807) is 18.2 Å². The molecule has 0 spiro atoms. The first-order chi connectivity index (χ1) is 16.1. The lowest BCUT2D eigenvalue weighted by Gasteiger charge is -2.41. The van der Waals surface area contributed by atoms with Crippen LogP contribution in [0.25, 0.3) is 11.1 Å². The van der Waals surface area contributed by atoms with Crippen molar-refractivity contribution < 1.29 is 18.2 Å². The Morgan fingerprint density at radius 3 is 2.31 bits per heavy atom. The second-order valence-electron chi connectivity index (χ2n) is 11.2. The van der Waals surface area contributed by atoms with Crippen LogP contribution in [0.1, 0.15) is 60.5 Å². The molecule has 0 N–H and O–H groups in total. The normalized spacial score (nSPS) is 19.0. The molecule has 1 aliphatic rings. The van der Waals surface area contributed by atoms with E-state index in [2.05, 4.69) is 15.9 Å². The molecule has 1 aliphatic heterocycles. The Bertz CT molecular complexity index is 1150. The summed E-state index contributed by atoms with van der Waals surface area (Å²) in [5.41, 5.74) is 1.50. The summed E-state index contributed by atoms with van der Waals surface area (Å²) >= 11 is 9.91. The molecule has 2 aromatic rings. The molecule has 1 atom stereocenters. The maximum absolute atomic E-state index is 14.4. The molecule has 1 unspecified atom stereocenters. The highest BCUT2D eigenvalue weighted by Crippen LogP contribution is 2.67. The first kappa shape index (κ1) is 28.4. The number of hydrogen-bond donors (Lipinski definition) is 0. The average Bonchev–Trinajstić information content (AvgIpc) is 3.10. The van der Waals surface area contributed by atoms with Gasteiger partial charge in [0, 0.05) is 32.3 Å². The maximum Gasteiger partial charge on any atom is 0.213 e. The van der Waals surface area contributed by atoms with Crippen molar-refractivity contribution >= 4 is 40.8 Å². The molecular weight excluding hydrogens is 552 g/mol. The summed E-state index contributed by atoms with van der Waals surface area (Å²) in [6.07, 6.45) is 1.24. The molecule has 192 valence electrons. The summed E-state index contributed by atoms with van der Waals surface area (Å²) < 4.78 is 41.2. The van der Waals surface area contributed by atoms with Crippen molar-refractivity contribution in [2.75, 3.05) is 13.2 Å². The predicted octanol–water partition coefficient (Wildman–Crippen LogP) is 8.92. The van der Waals surface area contributed by atoms with Gasteiger partial charge in [-0.1, -0.05) is 87.3 Å². The van der Waals surface area contributed by atoms with Crippen LogP contribution < -0.4 is 0 Å². The monoisotopic (exact) mass is 585 g/mol. The minimum Gasteiger partial charge on any atom is -0.479 e. The van der Waals surface area contributed by atoms with Crippen LogP contribution in [0.15, 0.2) is 45.9 Å². The molecule has 0 fully saturated rings. The third-order valence-corrected chi connectivity index (χ3v) is 11.3. The van der Waals surface area contributed by atoms with Gasteiger partial charge in [-0.15, -0.1) is 0 Å². The van der Waals surface area contributed by atoms with Crippen molar-refractivity contribution in [1.29, 1.82) is 0 Å². The van der Waals surface area contributed by atoms with Gasteiger partial charge in [0.1, 0.15) is 18.0 Å². The molecule has 0 saturated heterocycles. The number of hydrogen-bond acceptors (Lipinski definition) is 4. The fourth-order valence-corrected chi connectivity index (χ4v) is 8.34. The van der Waals surface area contributed by atoms with Gasteiger partial charge in [0.25, 0.3) is 0 Å². The van der Waals surface area contributed by atoms with Crippen LogP contribution in [-0.4, -0.2) is 35.0 Å². The maximum atomic E-state index is 14.4. The number of rotatable bonds is 7. The fourth-order valence-electron chi connectivity index (χ4n) is 4.52. The molecule has 4 nitrogen and oxygen atoms in total. The van der Waals surface area contributed by atoms with E-state index in [-0.39, 0.29) is 12.4 Å². The molecule has 0 amide bonds. The van der Waals surface area contributed by atoms with Crippen LogP contribution in [0, 0.1) is 5.82 Å². The van der Waals surface area contributed by atoms with E-state index in [1.807, 2.05) is 60.6 Å². The summed E-state index contributed by atoms with van der Waals surface area (Å²) in [5.74, 6) is 0.288. The second-order valence-corrected chi connectivity index (χ2v) is 16.6. The molecule has 0 bridgehead atoms. The third-order valence-electron chi connectivity index (χ3n) is 6.38. The van der Waals surface area contributed by atoms with Crippen LogP contribution in [0.5, 0.6) is 0 Å². The van der Waals surface area contributed by atoms with Crippen molar-refractivity contribution in [2.24, 2.45) is 4.99 Å². The number of aliphatic imine (C=N–C) groups is 1.